The zero-order valence-corrected chi connectivity index (χ0v) is 13.1. The van der Waals surface area contributed by atoms with Crippen LogP contribution in [0.3, 0.4) is 0 Å². The molecule has 1 saturated carbocycles. The summed E-state index contributed by atoms with van der Waals surface area (Å²) in [4.78, 5) is 10.8. The average Bonchev–Trinajstić information content (AvgIpc) is 3.04. The summed E-state index contributed by atoms with van der Waals surface area (Å²) in [6.07, 6.45) is 5.14. The lowest BCUT2D eigenvalue weighted by molar-refractivity contribution is 0.0686. The fraction of sp³-hybridized carbons (Fsp3) is 0.692. The van der Waals surface area contributed by atoms with Gasteiger partial charge in [-0.25, -0.2) is 17.9 Å². The van der Waals surface area contributed by atoms with Crippen LogP contribution in [0.5, 0.6) is 0 Å². The summed E-state index contributed by atoms with van der Waals surface area (Å²) in [5.41, 5.74) is -0.234. The van der Waals surface area contributed by atoms with Crippen LogP contribution in [0.25, 0.3) is 0 Å². The molecule has 0 bridgehead atoms. The molecular formula is C13H21N3O4S. The van der Waals surface area contributed by atoms with E-state index in [2.05, 4.69) is 21.8 Å². The van der Waals surface area contributed by atoms with Crippen LogP contribution in [0.2, 0.25) is 0 Å². The quantitative estimate of drug-likeness (QED) is 0.739. The number of hydrogen-bond donors (Lipinski definition) is 3. The number of nitrogens with zero attached hydrogens (tertiary/aromatic N) is 1. The second-order valence-electron chi connectivity index (χ2n) is 5.72. The number of aromatic nitrogens is 2. The number of rotatable bonds is 6. The van der Waals surface area contributed by atoms with E-state index in [9.17, 15) is 13.2 Å². The van der Waals surface area contributed by atoms with Gasteiger partial charge in [0, 0.05) is 6.54 Å². The average molecular weight is 315 g/mol. The highest BCUT2D eigenvalue weighted by molar-refractivity contribution is 7.89. The summed E-state index contributed by atoms with van der Waals surface area (Å²) in [5, 5.41) is 15.0. The van der Waals surface area contributed by atoms with Crippen LogP contribution < -0.4 is 4.72 Å². The van der Waals surface area contributed by atoms with E-state index in [0.717, 1.165) is 32.1 Å². The Morgan fingerprint density at radius 1 is 1.43 bits per heavy atom. The molecule has 1 aromatic rings. The van der Waals surface area contributed by atoms with E-state index < -0.39 is 21.7 Å². The van der Waals surface area contributed by atoms with E-state index in [1.807, 2.05) is 0 Å². The molecule has 1 aliphatic rings. The van der Waals surface area contributed by atoms with Gasteiger partial charge >= 0.3 is 5.97 Å². The third-order valence-corrected chi connectivity index (χ3v) is 5.98. The predicted octanol–water partition coefficient (Wildman–Crippen LogP) is 1.67. The maximum Gasteiger partial charge on any atom is 0.357 e. The number of carboxylic acid groups (broad SMARTS) is 1. The Morgan fingerprint density at radius 2 is 2.05 bits per heavy atom. The topological polar surface area (TPSA) is 112 Å². The fourth-order valence-corrected chi connectivity index (χ4v) is 4.47. The highest BCUT2D eigenvalue weighted by Gasteiger charge is 2.35. The van der Waals surface area contributed by atoms with Gasteiger partial charge in [-0.3, -0.25) is 5.10 Å². The van der Waals surface area contributed by atoms with Crippen LogP contribution in [0.15, 0.2) is 4.90 Å². The standard InChI is InChI=1S/C13H21N3O4S/c1-3-13(6-4-5-7-13)8-14-21(19,20)11-9(2)15-16-10(11)12(17)18/h14H,3-8H2,1-2H3,(H,15,16)(H,17,18). The summed E-state index contributed by atoms with van der Waals surface area (Å²) < 4.78 is 27.4. The molecule has 2 rings (SSSR count). The van der Waals surface area contributed by atoms with Crippen molar-refractivity contribution in [3.05, 3.63) is 11.4 Å². The molecule has 8 heteroatoms. The summed E-state index contributed by atoms with van der Waals surface area (Å²) >= 11 is 0. The first-order valence-corrected chi connectivity index (χ1v) is 8.57. The van der Waals surface area contributed by atoms with Gasteiger partial charge in [0.1, 0.15) is 4.90 Å². The Kier molecular flexibility index (Phi) is 4.38. The van der Waals surface area contributed by atoms with Crippen LogP contribution in [-0.2, 0) is 10.0 Å². The van der Waals surface area contributed by atoms with E-state index in [1.165, 1.54) is 6.92 Å². The first-order chi connectivity index (χ1) is 9.81. The molecule has 0 aliphatic heterocycles. The number of carbonyl (C=O) groups is 1. The van der Waals surface area contributed by atoms with E-state index in [0.29, 0.717) is 6.54 Å². The molecule has 1 fully saturated rings. The summed E-state index contributed by atoms with van der Waals surface area (Å²) in [7, 11) is -3.88. The van der Waals surface area contributed by atoms with Crippen LogP contribution in [-0.4, -0.2) is 36.2 Å². The van der Waals surface area contributed by atoms with Gasteiger partial charge in [-0.2, -0.15) is 5.10 Å². The molecule has 0 atom stereocenters. The highest BCUT2D eigenvalue weighted by atomic mass is 32.2. The van der Waals surface area contributed by atoms with Crippen molar-refractivity contribution in [2.75, 3.05) is 6.54 Å². The largest absolute Gasteiger partial charge is 0.476 e. The zero-order valence-electron chi connectivity index (χ0n) is 12.3. The van der Waals surface area contributed by atoms with Gasteiger partial charge in [-0.05, 0) is 31.6 Å². The third kappa shape index (κ3) is 3.11. The smallest absolute Gasteiger partial charge is 0.357 e. The van der Waals surface area contributed by atoms with Gasteiger partial charge in [-0.15, -0.1) is 0 Å². The van der Waals surface area contributed by atoms with Gasteiger partial charge in [0.05, 0.1) is 5.69 Å². The van der Waals surface area contributed by atoms with E-state index >= 15 is 0 Å². The van der Waals surface area contributed by atoms with Crippen molar-refractivity contribution < 1.29 is 18.3 Å². The molecule has 1 aliphatic carbocycles. The molecule has 0 unspecified atom stereocenters. The third-order valence-electron chi connectivity index (χ3n) is 4.41. The normalized spacial score (nSPS) is 18.0. The Balaban J connectivity index is 2.23. The van der Waals surface area contributed by atoms with Crippen molar-refractivity contribution >= 4 is 16.0 Å². The van der Waals surface area contributed by atoms with Crippen molar-refractivity contribution in [1.82, 2.24) is 14.9 Å². The van der Waals surface area contributed by atoms with Crippen LogP contribution in [0, 0.1) is 12.3 Å². The monoisotopic (exact) mass is 315 g/mol. The molecule has 0 aromatic carbocycles. The number of carboxylic acids is 1. The minimum atomic E-state index is -3.88. The predicted molar refractivity (Wildman–Crippen MR) is 76.7 cm³/mol. The minimum absolute atomic E-state index is 0.00586. The molecular weight excluding hydrogens is 294 g/mol. The van der Waals surface area contributed by atoms with Crippen molar-refractivity contribution in [1.29, 1.82) is 0 Å². The van der Waals surface area contributed by atoms with E-state index in [-0.39, 0.29) is 16.0 Å². The molecule has 0 spiro atoms. The lowest BCUT2D eigenvalue weighted by Crippen LogP contribution is -2.36. The summed E-state index contributed by atoms with van der Waals surface area (Å²) in [5.74, 6) is -1.36. The van der Waals surface area contributed by atoms with Gasteiger partial charge in [0.15, 0.2) is 5.69 Å². The lowest BCUT2D eigenvalue weighted by Gasteiger charge is -2.27. The lowest BCUT2D eigenvalue weighted by atomic mass is 9.84. The molecule has 118 valence electrons. The van der Waals surface area contributed by atoms with Crippen LogP contribution in [0.1, 0.15) is 55.2 Å². The maximum absolute atomic E-state index is 12.4. The molecule has 0 amide bonds. The van der Waals surface area contributed by atoms with Crippen LogP contribution in [0.4, 0.5) is 0 Å². The number of nitrogens with one attached hydrogen (secondary N) is 2. The van der Waals surface area contributed by atoms with Crippen molar-refractivity contribution in [2.24, 2.45) is 5.41 Å². The minimum Gasteiger partial charge on any atom is -0.476 e. The number of aromatic carboxylic acids is 1. The van der Waals surface area contributed by atoms with E-state index in [1.54, 1.807) is 0 Å². The van der Waals surface area contributed by atoms with Crippen LogP contribution >= 0.6 is 0 Å². The Hall–Kier alpha value is -1.41. The molecule has 1 aromatic heterocycles. The Labute approximate surface area is 124 Å². The first kappa shape index (κ1) is 16.0. The number of sulfonamides is 1. The van der Waals surface area contributed by atoms with Crippen molar-refractivity contribution in [3.8, 4) is 0 Å². The number of H-pyrrole nitrogens is 1. The zero-order chi connectivity index (χ0) is 15.7. The number of aryl methyl sites for hydroxylation is 1. The summed E-state index contributed by atoms with van der Waals surface area (Å²) in [6.45, 7) is 3.90. The Morgan fingerprint density at radius 3 is 2.57 bits per heavy atom. The van der Waals surface area contributed by atoms with Gasteiger partial charge < -0.3 is 5.11 Å². The first-order valence-electron chi connectivity index (χ1n) is 7.09. The van der Waals surface area contributed by atoms with Gasteiger partial charge in [0.25, 0.3) is 0 Å². The SMILES string of the molecule is CCC1(CNS(=O)(=O)c2c(C(=O)O)n[nH]c2C)CCCC1. The molecule has 7 nitrogen and oxygen atoms in total. The molecule has 0 radical (unpaired) electrons. The molecule has 1 heterocycles. The highest BCUT2D eigenvalue weighted by Crippen LogP contribution is 2.40. The molecule has 3 N–H and O–H groups in total. The maximum atomic E-state index is 12.4. The van der Waals surface area contributed by atoms with Crippen molar-refractivity contribution in [2.45, 2.75) is 50.8 Å². The molecule has 21 heavy (non-hydrogen) atoms. The van der Waals surface area contributed by atoms with Gasteiger partial charge in [-0.1, -0.05) is 19.8 Å². The fourth-order valence-electron chi connectivity index (χ4n) is 2.99. The summed E-state index contributed by atoms with van der Waals surface area (Å²) in [6, 6.07) is 0. The van der Waals surface area contributed by atoms with E-state index in [4.69, 9.17) is 5.11 Å². The number of aromatic amines is 1. The molecule has 0 saturated heterocycles. The second kappa shape index (κ2) is 5.76. The van der Waals surface area contributed by atoms with Crippen molar-refractivity contribution in [3.63, 3.8) is 0 Å². The number of hydrogen-bond acceptors (Lipinski definition) is 4. The Bertz CT molecular complexity index is 630. The van der Waals surface area contributed by atoms with Gasteiger partial charge in [0.2, 0.25) is 10.0 Å². The second-order valence-corrected chi connectivity index (χ2v) is 7.42.